The molecule has 0 aliphatic carbocycles. The molecule has 0 bridgehead atoms. The third-order valence-electron chi connectivity index (χ3n) is 4.92. The number of rotatable bonds is 7. The molecular weight excluding hydrogens is 409 g/mol. The lowest BCUT2D eigenvalue weighted by Crippen LogP contribution is -2.48. The summed E-state index contributed by atoms with van der Waals surface area (Å²) in [5, 5.41) is 3.29. The first-order valence-corrected chi connectivity index (χ1v) is 10.3. The Morgan fingerprint density at radius 3 is 2.37 bits per heavy atom. The van der Waals surface area contributed by atoms with Gasteiger partial charge in [-0.05, 0) is 48.9 Å². The fourth-order valence-electron chi connectivity index (χ4n) is 3.30. The van der Waals surface area contributed by atoms with Crippen LogP contribution in [0.25, 0.3) is 0 Å². The average Bonchev–Trinajstić information content (AvgIpc) is 2.72. The highest BCUT2D eigenvalue weighted by atomic mass is 35.5. The van der Waals surface area contributed by atoms with E-state index in [0.717, 1.165) is 31.7 Å². The number of ether oxygens (including phenoxy) is 1. The zero-order valence-corrected chi connectivity index (χ0v) is 17.6. The van der Waals surface area contributed by atoms with E-state index in [1.54, 1.807) is 37.3 Å². The van der Waals surface area contributed by atoms with Crippen molar-refractivity contribution in [2.45, 2.75) is 13.5 Å². The predicted molar refractivity (Wildman–Crippen MR) is 114 cm³/mol. The summed E-state index contributed by atoms with van der Waals surface area (Å²) in [7, 11) is 0. The van der Waals surface area contributed by atoms with Crippen molar-refractivity contribution in [1.29, 1.82) is 0 Å². The minimum absolute atomic E-state index is 0.103. The SMILES string of the molecule is CCOC(=O)c1ccc(NC(=O)CN2CCN(Cc3ccc(F)cc3Cl)CC2)cc1. The molecule has 160 valence electrons. The van der Waals surface area contributed by atoms with E-state index >= 15 is 0 Å². The normalized spacial score (nSPS) is 15.0. The van der Waals surface area contributed by atoms with E-state index in [1.165, 1.54) is 12.1 Å². The fourth-order valence-corrected chi connectivity index (χ4v) is 3.53. The van der Waals surface area contributed by atoms with Crippen LogP contribution in [0.15, 0.2) is 42.5 Å². The van der Waals surface area contributed by atoms with Gasteiger partial charge in [0.2, 0.25) is 5.91 Å². The highest BCUT2D eigenvalue weighted by molar-refractivity contribution is 6.31. The monoisotopic (exact) mass is 433 g/mol. The molecule has 3 rings (SSSR count). The van der Waals surface area contributed by atoms with Crippen molar-refractivity contribution >= 4 is 29.2 Å². The van der Waals surface area contributed by atoms with Crippen LogP contribution in [-0.4, -0.2) is 61.0 Å². The number of carbonyl (C=O) groups excluding carboxylic acids is 2. The van der Waals surface area contributed by atoms with Gasteiger partial charge in [-0.2, -0.15) is 0 Å². The number of esters is 1. The van der Waals surface area contributed by atoms with Gasteiger partial charge >= 0.3 is 5.97 Å². The van der Waals surface area contributed by atoms with Crippen LogP contribution in [0.5, 0.6) is 0 Å². The van der Waals surface area contributed by atoms with Crippen LogP contribution in [0.2, 0.25) is 5.02 Å². The minimum atomic E-state index is -0.379. The van der Waals surface area contributed by atoms with Crippen molar-refractivity contribution in [3.8, 4) is 0 Å². The van der Waals surface area contributed by atoms with Gasteiger partial charge in [0.1, 0.15) is 5.82 Å². The molecule has 1 amide bonds. The summed E-state index contributed by atoms with van der Waals surface area (Å²) < 4.78 is 18.1. The van der Waals surface area contributed by atoms with Crippen LogP contribution in [0.3, 0.4) is 0 Å². The summed E-state index contributed by atoms with van der Waals surface area (Å²) in [6.45, 7) is 6.15. The molecular formula is C22H25ClFN3O3. The van der Waals surface area contributed by atoms with E-state index in [0.29, 0.717) is 36.0 Å². The predicted octanol–water partition coefficient (Wildman–Crippen LogP) is 3.41. The number of nitrogens with one attached hydrogen (secondary N) is 1. The van der Waals surface area contributed by atoms with E-state index in [1.807, 2.05) is 0 Å². The largest absolute Gasteiger partial charge is 0.462 e. The van der Waals surface area contributed by atoms with Gasteiger partial charge in [0.25, 0.3) is 0 Å². The van der Waals surface area contributed by atoms with Gasteiger partial charge in [0.15, 0.2) is 0 Å². The third kappa shape index (κ3) is 6.26. The number of carbonyl (C=O) groups is 2. The van der Waals surface area contributed by atoms with Crippen molar-refractivity contribution in [1.82, 2.24) is 9.80 Å². The molecule has 0 saturated carbocycles. The first-order chi connectivity index (χ1) is 14.4. The molecule has 1 saturated heterocycles. The quantitative estimate of drug-likeness (QED) is 0.678. The summed E-state index contributed by atoms with van der Waals surface area (Å²) in [5.74, 6) is -0.820. The number of hydrogen-bond donors (Lipinski definition) is 1. The molecule has 0 spiro atoms. The third-order valence-corrected chi connectivity index (χ3v) is 5.27. The molecule has 30 heavy (non-hydrogen) atoms. The summed E-state index contributed by atoms with van der Waals surface area (Å²) in [4.78, 5) is 28.3. The van der Waals surface area contributed by atoms with Crippen LogP contribution in [0, 0.1) is 5.82 Å². The Kier molecular flexibility index (Phi) is 7.79. The molecule has 2 aromatic rings. The molecule has 6 nitrogen and oxygen atoms in total. The fraction of sp³-hybridized carbons (Fsp3) is 0.364. The molecule has 1 aliphatic rings. The first-order valence-electron chi connectivity index (χ1n) is 9.90. The van der Waals surface area contributed by atoms with Gasteiger partial charge in [0, 0.05) is 43.4 Å². The van der Waals surface area contributed by atoms with Gasteiger partial charge in [-0.15, -0.1) is 0 Å². The Bertz CT molecular complexity index is 884. The maximum absolute atomic E-state index is 13.2. The van der Waals surface area contributed by atoms with Gasteiger partial charge in [-0.1, -0.05) is 17.7 Å². The highest BCUT2D eigenvalue weighted by Crippen LogP contribution is 2.20. The Balaban J connectivity index is 1.43. The smallest absolute Gasteiger partial charge is 0.338 e. The molecule has 0 unspecified atom stereocenters. The molecule has 0 radical (unpaired) electrons. The molecule has 1 heterocycles. The summed E-state index contributed by atoms with van der Waals surface area (Å²) >= 11 is 6.11. The second-order valence-corrected chi connectivity index (χ2v) is 7.54. The lowest BCUT2D eigenvalue weighted by molar-refractivity contribution is -0.117. The number of anilines is 1. The van der Waals surface area contributed by atoms with Crippen LogP contribution < -0.4 is 5.32 Å². The topological polar surface area (TPSA) is 61.9 Å². The van der Waals surface area contributed by atoms with Crippen LogP contribution >= 0.6 is 11.6 Å². The second kappa shape index (κ2) is 10.5. The van der Waals surface area contributed by atoms with E-state index in [2.05, 4.69) is 15.1 Å². The number of piperazine rings is 1. The van der Waals surface area contributed by atoms with Gasteiger partial charge in [-0.25, -0.2) is 9.18 Å². The second-order valence-electron chi connectivity index (χ2n) is 7.13. The van der Waals surface area contributed by atoms with E-state index in [4.69, 9.17) is 16.3 Å². The van der Waals surface area contributed by atoms with Crippen molar-refractivity contribution in [3.05, 3.63) is 64.4 Å². The van der Waals surface area contributed by atoms with Crippen molar-refractivity contribution in [3.63, 3.8) is 0 Å². The first kappa shape index (κ1) is 22.2. The van der Waals surface area contributed by atoms with Gasteiger partial charge in [-0.3, -0.25) is 14.6 Å². The van der Waals surface area contributed by atoms with E-state index in [9.17, 15) is 14.0 Å². The molecule has 1 fully saturated rings. The summed E-state index contributed by atoms with van der Waals surface area (Å²) in [6, 6.07) is 11.1. The average molecular weight is 434 g/mol. The number of nitrogens with zero attached hydrogens (tertiary/aromatic N) is 2. The van der Waals surface area contributed by atoms with Crippen LogP contribution in [0.4, 0.5) is 10.1 Å². The minimum Gasteiger partial charge on any atom is -0.462 e. The Morgan fingerprint density at radius 1 is 1.07 bits per heavy atom. The van der Waals surface area contributed by atoms with E-state index in [-0.39, 0.29) is 17.7 Å². The summed E-state index contributed by atoms with van der Waals surface area (Å²) in [5.41, 5.74) is 1.99. The van der Waals surface area contributed by atoms with Crippen LogP contribution in [0.1, 0.15) is 22.8 Å². The molecule has 1 N–H and O–H groups in total. The van der Waals surface area contributed by atoms with Crippen molar-refractivity contribution in [2.75, 3.05) is 44.6 Å². The number of amides is 1. The van der Waals surface area contributed by atoms with Crippen LogP contribution in [-0.2, 0) is 16.1 Å². The standard InChI is InChI=1S/C22H25ClFN3O3/c1-2-30-22(29)16-4-7-19(8-5-16)25-21(28)15-27-11-9-26(10-12-27)14-17-3-6-18(24)13-20(17)23/h3-8,13H,2,9-12,14-15H2,1H3,(H,25,28). The Hall–Kier alpha value is -2.48. The number of halogens is 2. The zero-order chi connectivity index (χ0) is 21.5. The van der Waals surface area contributed by atoms with Crippen molar-refractivity contribution in [2.24, 2.45) is 0 Å². The van der Waals surface area contributed by atoms with E-state index < -0.39 is 0 Å². The maximum Gasteiger partial charge on any atom is 0.338 e. The molecule has 8 heteroatoms. The Labute approximate surface area is 180 Å². The number of benzene rings is 2. The van der Waals surface area contributed by atoms with Crippen molar-refractivity contribution < 1.29 is 18.7 Å². The zero-order valence-electron chi connectivity index (χ0n) is 16.9. The number of hydrogen-bond acceptors (Lipinski definition) is 5. The molecule has 1 aliphatic heterocycles. The molecule has 0 aromatic heterocycles. The maximum atomic E-state index is 13.2. The van der Waals surface area contributed by atoms with Gasteiger partial charge < -0.3 is 10.1 Å². The molecule has 2 aromatic carbocycles. The summed E-state index contributed by atoms with van der Waals surface area (Å²) in [6.07, 6.45) is 0. The van der Waals surface area contributed by atoms with Gasteiger partial charge in [0.05, 0.1) is 18.7 Å². The lowest BCUT2D eigenvalue weighted by atomic mass is 10.2. The molecule has 0 atom stereocenters. The highest BCUT2D eigenvalue weighted by Gasteiger charge is 2.20. The Morgan fingerprint density at radius 2 is 1.73 bits per heavy atom. The lowest BCUT2D eigenvalue weighted by Gasteiger charge is -2.34.